The SMILES string of the molecule is CC(CS(C)(=O)=O)NC(=O)C1Cc2ccccc2N1. The second kappa shape index (κ2) is 5.21. The Morgan fingerprint density at radius 3 is 2.79 bits per heavy atom. The molecule has 19 heavy (non-hydrogen) atoms. The number of carbonyl (C=O) groups is 1. The minimum atomic E-state index is -3.08. The second-order valence-electron chi connectivity index (χ2n) is 5.06. The Morgan fingerprint density at radius 1 is 1.47 bits per heavy atom. The van der Waals surface area contributed by atoms with Crippen LogP contribution in [0.4, 0.5) is 5.69 Å². The topological polar surface area (TPSA) is 75.3 Å². The molecular formula is C13H18N2O3S. The van der Waals surface area contributed by atoms with Crippen LogP contribution >= 0.6 is 0 Å². The van der Waals surface area contributed by atoms with Gasteiger partial charge in [-0.1, -0.05) is 18.2 Å². The number of para-hydroxylation sites is 1. The monoisotopic (exact) mass is 282 g/mol. The zero-order valence-corrected chi connectivity index (χ0v) is 11.8. The van der Waals surface area contributed by atoms with E-state index < -0.39 is 9.84 Å². The summed E-state index contributed by atoms with van der Waals surface area (Å²) in [6.07, 6.45) is 1.80. The number of fused-ring (bicyclic) bond motifs is 1. The van der Waals surface area contributed by atoms with Gasteiger partial charge >= 0.3 is 0 Å². The van der Waals surface area contributed by atoms with Gasteiger partial charge in [0, 0.05) is 24.4 Å². The quantitative estimate of drug-likeness (QED) is 0.847. The van der Waals surface area contributed by atoms with Gasteiger partial charge in [-0.3, -0.25) is 4.79 Å². The molecule has 0 aliphatic carbocycles. The third-order valence-electron chi connectivity index (χ3n) is 3.03. The molecule has 1 aromatic rings. The zero-order chi connectivity index (χ0) is 14.0. The first kappa shape index (κ1) is 13.9. The standard InChI is InChI=1S/C13H18N2O3S/c1-9(8-19(2,17)18)14-13(16)12-7-10-5-3-4-6-11(10)15-12/h3-6,9,12,15H,7-8H2,1-2H3,(H,14,16). The van der Waals surface area contributed by atoms with Crippen LogP contribution in [0.1, 0.15) is 12.5 Å². The lowest BCUT2D eigenvalue weighted by molar-refractivity contribution is -0.122. The molecule has 5 nitrogen and oxygen atoms in total. The van der Waals surface area contributed by atoms with E-state index in [1.807, 2.05) is 24.3 Å². The molecule has 6 heteroatoms. The first-order valence-electron chi connectivity index (χ1n) is 6.18. The normalized spacial score (nSPS) is 19.4. The van der Waals surface area contributed by atoms with Gasteiger partial charge in [0.25, 0.3) is 0 Å². The largest absolute Gasteiger partial charge is 0.373 e. The molecular weight excluding hydrogens is 264 g/mol. The number of benzene rings is 1. The summed E-state index contributed by atoms with van der Waals surface area (Å²) in [6.45, 7) is 1.70. The number of rotatable bonds is 4. The average molecular weight is 282 g/mol. The van der Waals surface area contributed by atoms with Crippen LogP contribution in [-0.4, -0.2) is 38.4 Å². The Hall–Kier alpha value is -1.56. The highest BCUT2D eigenvalue weighted by Crippen LogP contribution is 2.25. The Kier molecular flexibility index (Phi) is 3.80. The van der Waals surface area contributed by atoms with Crippen molar-refractivity contribution in [2.75, 3.05) is 17.3 Å². The molecule has 0 spiro atoms. The van der Waals surface area contributed by atoms with Gasteiger partial charge in [0.05, 0.1) is 5.75 Å². The molecule has 0 aromatic heterocycles. The van der Waals surface area contributed by atoms with Crippen LogP contribution in [0.15, 0.2) is 24.3 Å². The van der Waals surface area contributed by atoms with Crippen LogP contribution in [0, 0.1) is 0 Å². The highest BCUT2D eigenvalue weighted by atomic mass is 32.2. The molecule has 1 aliphatic heterocycles. The predicted molar refractivity (Wildman–Crippen MR) is 74.9 cm³/mol. The van der Waals surface area contributed by atoms with Crippen LogP contribution in [0.5, 0.6) is 0 Å². The Balaban J connectivity index is 1.93. The summed E-state index contributed by atoms with van der Waals surface area (Å²) in [7, 11) is -3.08. The van der Waals surface area contributed by atoms with Crippen molar-refractivity contribution in [3.8, 4) is 0 Å². The fraction of sp³-hybridized carbons (Fsp3) is 0.462. The Labute approximate surface area is 113 Å². The van der Waals surface area contributed by atoms with E-state index in [4.69, 9.17) is 0 Å². The highest BCUT2D eigenvalue weighted by Gasteiger charge is 2.27. The summed E-state index contributed by atoms with van der Waals surface area (Å²) >= 11 is 0. The van der Waals surface area contributed by atoms with Gasteiger partial charge in [-0.25, -0.2) is 8.42 Å². The number of anilines is 1. The van der Waals surface area contributed by atoms with Crippen LogP contribution < -0.4 is 10.6 Å². The van der Waals surface area contributed by atoms with E-state index in [2.05, 4.69) is 10.6 Å². The smallest absolute Gasteiger partial charge is 0.243 e. The van der Waals surface area contributed by atoms with Gasteiger partial charge in [0.2, 0.25) is 5.91 Å². The van der Waals surface area contributed by atoms with Crippen molar-refractivity contribution in [3.05, 3.63) is 29.8 Å². The van der Waals surface area contributed by atoms with Gasteiger partial charge in [-0.15, -0.1) is 0 Å². The number of amides is 1. The van der Waals surface area contributed by atoms with Crippen molar-refractivity contribution in [2.24, 2.45) is 0 Å². The minimum absolute atomic E-state index is 0.0432. The van der Waals surface area contributed by atoms with Crippen molar-refractivity contribution in [1.29, 1.82) is 0 Å². The molecule has 2 atom stereocenters. The molecule has 1 heterocycles. The Morgan fingerprint density at radius 2 is 2.16 bits per heavy atom. The molecule has 1 aliphatic rings. The van der Waals surface area contributed by atoms with Crippen LogP contribution in [0.25, 0.3) is 0 Å². The van der Waals surface area contributed by atoms with Gasteiger partial charge in [0.15, 0.2) is 0 Å². The van der Waals surface area contributed by atoms with Crippen LogP contribution in [0.3, 0.4) is 0 Å². The molecule has 1 aromatic carbocycles. The predicted octanol–water partition coefficient (Wildman–Crippen LogP) is 0.572. The molecule has 0 saturated carbocycles. The molecule has 104 valence electrons. The van der Waals surface area contributed by atoms with Gasteiger partial charge in [-0.2, -0.15) is 0 Å². The summed E-state index contributed by atoms with van der Waals surface area (Å²) in [6, 6.07) is 7.07. The fourth-order valence-corrected chi connectivity index (χ4v) is 3.29. The van der Waals surface area contributed by atoms with Crippen molar-refractivity contribution >= 4 is 21.4 Å². The fourth-order valence-electron chi connectivity index (χ4n) is 2.30. The molecule has 0 fully saturated rings. The number of hydrogen-bond acceptors (Lipinski definition) is 4. The zero-order valence-electron chi connectivity index (χ0n) is 11.0. The summed E-state index contributed by atoms with van der Waals surface area (Å²) < 4.78 is 22.3. The van der Waals surface area contributed by atoms with E-state index >= 15 is 0 Å². The first-order valence-corrected chi connectivity index (χ1v) is 8.24. The first-order chi connectivity index (χ1) is 8.85. The molecule has 0 radical (unpaired) electrons. The average Bonchev–Trinajstić information content (AvgIpc) is 2.69. The second-order valence-corrected chi connectivity index (χ2v) is 7.25. The van der Waals surface area contributed by atoms with Gasteiger partial charge in [0.1, 0.15) is 15.9 Å². The third-order valence-corrected chi connectivity index (χ3v) is 4.13. The van der Waals surface area contributed by atoms with E-state index in [9.17, 15) is 13.2 Å². The molecule has 0 bridgehead atoms. The number of nitrogens with one attached hydrogen (secondary N) is 2. The Bertz CT molecular complexity index is 558. The summed E-state index contributed by atoms with van der Waals surface area (Å²) in [5, 5.41) is 5.87. The lowest BCUT2D eigenvalue weighted by Crippen LogP contribution is -2.45. The highest BCUT2D eigenvalue weighted by molar-refractivity contribution is 7.90. The van der Waals surface area contributed by atoms with E-state index in [0.717, 1.165) is 11.3 Å². The molecule has 2 N–H and O–H groups in total. The van der Waals surface area contributed by atoms with Crippen molar-refractivity contribution in [1.82, 2.24) is 5.32 Å². The number of hydrogen-bond donors (Lipinski definition) is 2. The maximum absolute atomic E-state index is 12.0. The van der Waals surface area contributed by atoms with Crippen molar-refractivity contribution < 1.29 is 13.2 Å². The molecule has 2 unspecified atom stereocenters. The van der Waals surface area contributed by atoms with Gasteiger partial charge in [-0.05, 0) is 18.6 Å². The summed E-state index contributed by atoms with van der Waals surface area (Å²) in [4.78, 5) is 12.0. The lowest BCUT2D eigenvalue weighted by Gasteiger charge is -2.16. The van der Waals surface area contributed by atoms with Gasteiger partial charge < -0.3 is 10.6 Å². The summed E-state index contributed by atoms with van der Waals surface area (Å²) in [5.74, 6) is -0.203. The summed E-state index contributed by atoms with van der Waals surface area (Å²) in [5.41, 5.74) is 2.08. The van der Waals surface area contributed by atoms with E-state index in [0.29, 0.717) is 6.42 Å². The van der Waals surface area contributed by atoms with Crippen LogP contribution in [-0.2, 0) is 21.1 Å². The lowest BCUT2D eigenvalue weighted by atomic mass is 10.1. The van der Waals surface area contributed by atoms with Crippen molar-refractivity contribution in [2.45, 2.75) is 25.4 Å². The maximum atomic E-state index is 12.0. The van der Waals surface area contributed by atoms with E-state index in [-0.39, 0.29) is 23.7 Å². The minimum Gasteiger partial charge on any atom is -0.373 e. The van der Waals surface area contributed by atoms with Crippen molar-refractivity contribution in [3.63, 3.8) is 0 Å². The molecule has 0 saturated heterocycles. The number of carbonyl (C=O) groups excluding carboxylic acids is 1. The maximum Gasteiger partial charge on any atom is 0.243 e. The van der Waals surface area contributed by atoms with E-state index in [1.54, 1.807) is 6.92 Å². The van der Waals surface area contributed by atoms with Crippen LogP contribution in [0.2, 0.25) is 0 Å². The molecule has 1 amide bonds. The number of sulfone groups is 1. The molecule has 2 rings (SSSR count). The van der Waals surface area contributed by atoms with E-state index in [1.165, 1.54) is 6.26 Å². The third kappa shape index (κ3) is 3.70.